The second kappa shape index (κ2) is 10.7. The van der Waals surface area contributed by atoms with Crippen molar-refractivity contribution in [3.8, 4) is 0 Å². The predicted molar refractivity (Wildman–Crippen MR) is 106 cm³/mol. The molecular weight excluding hydrogens is 318 g/mol. The number of nitrogens with zero attached hydrogens (tertiary/aromatic N) is 3. The van der Waals surface area contributed by atoms with E-state index in [0.29, 0.717) is 18.0 Å². The molecule has 0 fully saturated rings. The lowest BCUT2D eigenvalue weighted by Crippen LogP contribution is -2.45. The maximum atomic E-state index is 4.67. The first kappa shape index (κ1) is 20.9. The highest BCUT2D eigenvalue weighted by molar-refractivity contribution is 7.09. The molecule has 0 unspecified atom stereocenters. The Morgan fingerprint density at radius 1 is 1.12 bits per heavy atom. The van der Waals surface area contributed by atoms with E-state index in [1.807, 2.05) is 7.05 Å². The molecule has 0 saturated carbocycles. The average Bonchev–Trinajstić information content (AvgIpc) is 2.98. The van der Waals surface area contributed by atoms with Gasteiger partial charge in [-0.3, -0.25) is 9.89 Å². The molecule has 1 rings (SSSR count). The Morgan fingerprint density at radius 2 is 1.75 bits per heavy atom. The van der Waals surface area contributed by atoms with Crippen molar-refractivity contribution in [1.82, 2.24) is 20.5 Å². The predicted octanol–water partition coefficient (Wildman–Crippen LogP) is 3.09. The fourth-order valence-electron chi connectivity index (χ4n) is 2.65. The summed E-state index contributed by atoms with van der Waals surface area (Å²) in [6.45, 7) is 16.1. The first-order chi connectivity index (χ1) is 11.3. The van der Waals surface area contributed by atoms with E-state index in [4.69, 9.17) is 0 Å². The maximum absolute atomic E-state index is 4.67. The summed E-state index contributed by atoms with van der Waals surface area (Å²) in [5.41, 5.74) is 1.16. The minimum atomic E-state index is 0.510. The fourth-order valence-corrected chi connectivity index (χ4v) is 3.52. The fraction of sp³-hybridized carbons (Fsp3) is 0.778. The van der Waals surface area contributed by atoms with E-state index in [2.05, 4.69) is 72.4 Å². The summed E-state index contributed by atoms with van der Waals surface area (Å²) in [5, 5.41) is 10.2. The van der Waals surface area contributed by atoms with Crippen molar-refractivity contribution in [3.63, 3.8) is 0 Å². The third-order valence-corrected chi connectivity index (χ3v) is 5.14. The van der Waals surface area contributed by atoms with Crippen molar-refractivity contribution in [2.75, 3.05) is 26.7 Å². The molecule has 0 aliphatic rings. The highest BCUT2D eigenvalue weighted by Gasteiger charge is 2.12. The van der Waals surface area contributed by atoms with Crippen LogP contribution < -0.4 is 10.6 Å². The average molecular weight is 354 g/mol. The second-order valence-corrected chi connectivity index (χ2v) is 7.82. The summed E-state index contributed by atoms with van der Waals surface area (Å²) in [7, 11) is 1.82. The first-order valence-electron chi connectivity index (χ1n) is 8.99. The van der Waals surface area contributed by atoms with Gasteiger partial charge in [0.1, 0.15) is 0 Å². The van der Waals surface area contributed by atoms with Crippen LogP contribution in [0, 0.1) is 0 Å². The number of thiazole rings is 1. The first-order valence-corrected chi connectivity index (χ1v) is 9.87. The number of hydrogen-bond donors (Lipinski definition) is 2. The molecule has 6 heteroatoms. The second-order valence-electron chi connectivity index (χ2n) is 6.93. The van der Waals surface area contributed by atoms with Crippen molar-refractivity contribution in [2.24, 2.45) is 4.99 Å². The number of rotatable bonds is 9. The summed E-state index contributed by atoms with van der Waals surface area (Å²) in [6.07, 6.45) is 0.925. The molecular formula is C18H35N5S. The van der Waals surface area contributed by atoms with Gasteiger partial charge in [0, 0.05) is 56.5 Å². The van der Waals surface area contributed by atoms with Crippen LogP contribution in [0.2, 0.25) is 0 Å². The van der Waals surface area contributed by atoms with Gasteiger partial charge in [-0.25, -0.2) is 4.98 Å². The number of hydrogen-bond acceptors (Lipinski definition) is 4. The Bertz CT molecular complexity index is 485. The van der Waals surface area contributed by atoms with Crippen LogP contribution in [-0.2, 0) is 6.42 Å². The molecule has 0 bridgehead atoms. The maximum Gasteiger partial charge on any atom is 0.191 e. The van der Waals surface area contributed by atoms with E-state index in [1.54, 1.807) is 11.3 Å². The lowest BCUT2D eigenvalue weighted by Gasteiger charge is -2.30. The monoisotopic (exact) mass is 353 g/mol. The highest BCUT2D eigenvalue weighted by atomic mass is 32.1. The van der Waals surface area contributed by atoms with E-state index < -0.39 is 0 Å². The number of guanidine groups is 1. The minimum Gasteiger partial charge on any atom is -0.356 e. The molecule has 0 atom stereocenters. The smallest absolute Gasteiger partial charge is 0.191 e. The van der Waals surface area contributed by atoms with Crippen LogP contribution in [0.3, 0.4) is 0 Å². The Labute approximate surface area is 152 Å². The topological polar surface area (TPSA) is 52.6 Å². The molecule has 0 radical (unpaired) electrons. The van der Waals surface area contributed by atoms with Crippen molar-refractivity contribution < 1.29 is 0 Å². The van der Waals surface area contributed by atoms with Gasteiger partial charge in [-0.05, 0) is 27.7 Å². The van der Waals surface area contributed by atoms with Crippen molar-refractivity contribution >= 4 is 17.3 Å². The molecule has 1 aromatic rings. The molecule has 0 aliphatic carbocycles. The molecule has 5 nitrogen and oxygen atoms in total. The van der Waals surface area contributed by atoms with Gasteiger partial charge in [-0.1, -0.05) is 13.8 Å². The summed E-state index contributed by atoms with van der Waals surface area (Å²) in [6, 6.07) is 1.11. The van der Waals surface area contributed by atoms with E-state index in [0.717, 1.165) is 37.7 Å². The van der Waals surface area contributed by atoms with E-state index in [1.165, 1.54) is 5.01 Å². The highest BCUT2D eigenvalue weighted by Crippen LogP contribution is 2.19. The largest absolute Gasteiger partial charge is 0.356 e. The molecule has 138 valence electrons. The zero-order valence-corrected chi connectivity index (χ0v) is 17.2. The SMILES string of the molecule is CN=C(NCCc1csc(C(C)C)n1)NCCN(C(C)C)C(C)C. The zero-order chi connectivity index (χ0) is 18.1. The van der Waals surface area contributed by atoms with Crippen molar-refractivity contribution in [1.29, 1.82) is 0 Å². The minimum absolute atomic E-state index is 0.510. The lowest BCUT2D eigenvalue weighted by molar-refractivity contribution is 0.178. The Morgan fingerprint density at radius 3 is 2.25 bits per heavy atom. The third kappa shape index (κ3) is 7.18. The van der Waals surface area contributed by atoms with Crippen LogP contribution in [0.1, 0.15) is 58.2 Å². The Balaban J connectivity index is 2.32. The molecule has 0 saturated heterocycles. The summed E-state index contributed by atoms with van der Waals surface area (Å²) in [5.74, 6) is 1.37. The van der Waals surface area contributed by atoms with Crippen molar-refractivity contribution in [2.45, 2.75) is 66.0 Å². The van der Waals surface area contributed by atoms with Crippen LogP contribution in [0.4, 0.5) is 0 Å². The zero-order valence-electron chi connectivity index (χ0n) is 16.4. The van der Waals surface area contributed by atoms with Crippen LogP contribution in [0.25, 0.3) is 0 Å². The van der Waals surface area contributed by atoms with Gasteiger partial charge in [-0.2, -0.15) is 0 Å². The van der Waals surface area contributed by atoms with Crippen LogP contribution >= 0.6 is 11.3 Å². The van der Waals surface area contributed by atoms with Gasteiger partial charge < -0.3 is 10.6 Å². The number of aromatic nitrogens is 1. The van der Waals surface area contributed by atoms with Crippen LogP contribution in [0.5, 0.6) is 0 Å². The van der Waals surface area contributed by atoms with Crippen molar-refractivity contribution in [3.05, 3.63) is 16.1 Å². The van der Waals surface area contributed by atoms with E-state index >= 15 is 0 Å². The van der Waals surface area contributed by atoms with Gasteiger partial charge in [-0.15, -0.1) is 11.3 Å². The summed E-state index contributed by atoms with van der Waals surface area (Å²) < 4.78 is 0. The molecule has 1 aromatic heterocycles. The normalized spacial score (nSPS) is 12.7. The quantitative estimate of drug-likeness (QED) is 0.529. The molecule has 0 aliphatic heterocycles. The number of nitrogens with one attached hydrogen (secondary N) is 2. The van der Waals surface area contributed by atoms with E-state index in [-0.39, 0.29) is 0 Å². The van der Waals surface area contributed by atoms with Crippen LogP contribution in [0.15, 0.2) is 10.4 Å². The molecule has 1 heterocycles. The molecule has 0 spiro atoms. The summed E-state index contributed by atoms with van der Waals surface area (Å²) >= 11 is 1.75. The molecule has 2 N–H and O–H groups in total. The third-order valence-electron chi connectivity index (χ3n) is 3.95. The van der Waals surface area contributed by atoms with E-state index in [9.17, 15) is 0 Å². The van der Waals surface area contributed by atoms with Gasteiger partial charge in [0.15, 0.2) is 5.96 Å². The van der Waals surface area contributed by atoms with Crippen LogP contribution in [-0.4, -0.2) is 54.6 Å². The van der Waals surface area contributed by atoms with Gasteiger partial charge in [0.2, 0.25) is 0 Å². The Kier molecular flexibility index (Phi) is 9.29. The van der Waals surface area contributed by atoms with Gasteiger partial charge in [0.05, 0.1) is 10.7 Å². The summed E-state index contributed by atoms with van der Waals surface area (Å²) in [4.78, 5) is 11.4. The standard InChI is InChI=1S/C18H35N5S/c1-13(2)17-22-16(12-24-17)8-9-20-18(19-7)21-10-11-23(14(3)4)15(5)6/h12-15H,8-11H2,1-7H3,(H2,19,20,21). The molecule has 24 heavy (non-hydrogen) atoms. The van der Waals surface area contributed by atoms with Gasteiger partial charge >= 0.3 is 0 Å². The lowest BCUT2D eigenvalue weighted by atomic mass is 10.2. The Hall–Kier alpha value is -1.14. The molecule has 0 amide bonds. The number of aliphatic imine (C=N–C) groups is 1. The van der Waals surface area contributed by atoms with Gasteiger partial charge in [0.25, 0.3) is 0 Å². The molecule has 0 aromatic carbocycles.